The predicted molar refractivity (Wildman–Crippen MR) is 115 cm³/mol. The Labute approximate surface area is 178 Å². The van der Waals surface area contributed by atoms with Crippen LogP contribution in [0.5, 0.6) is 5.75 Å². The van der Waals surface area contributed by atoms with E-state index in [4.69, 9.17) is 9.47 Å². The fraction of sp³-hybridized carbons (Fsp3) is 0.520. The Morgan fingerprint density at radius 1 is 1.17 bits per heavy atom. The lowest BCUT2D eigenvalue weighted by Crippen LogP contribution is -2.26. The summed E-state index contributed by atoms with van der Waals surface area (Å²) in [6.07, 6.45) is 4.37. The van der Waals surface area contributed by atoms with Gasteiger partial charge < -0.3 is 9.47 Å². The average Bonchev–Trinajstić information content (AvgIpc) is 2.77. The predicted octanol–water partition coefficient (Wildman–Crippen LogP) is 7.69. The Bertz CT molecular complexity index is 818. The van der Waals surface area contributed by atoms with Crippen LogP contribution in [0.3, 0.4) is 0 Å². The highest BCUT2D eigenvalue weighted by Gasteiger charge is 2.32. The Morgan fingerprint density at radius 2 is 1.87 bits per heavy atom. The van der Waals surface area contributed by atoms with E-state index in [1.165, 1.54) is 0 Å². The summed E-state index contributed by atoms with van der Waals surface area (Å²) in [5.74, 6) is -3.30. The molecule has 2 atom stereocenters. The van der Waals surface area contributed by atoms with Crippen LogP contribution in [0, 0.1) is 11.6 Å². The molecule has 0 bridgehead atoms. The first-order valence-corrected chi connectivity index (χ1v) is 10.9. The summed E-state index contributed by atoms with van der Waals surface area (Å²) in [5.41, 5.74) is 1.40. The van der Waals surface area contributed by atoms with Gasteiger partial charge in [0.15, 0.2) is 23.2 Å². The molecular weight excluding hydrogens is 389 g/mol. The van der Waals surface area contributed by atoms with Crippen LogP contribution in [0.1, 0.15) is 76.8 Å². The molecule has 0 N–H and O–H groups in total. The number of hydrogen-bond donors (Lipinski definition) is 0. The molecule has 2 aliphatic rings. The van der Waals surface area contributed by atoms with Gasteiger partial charge in [-0.3, -0.25) is 0 Å². The second-order valence-corrected chi connectivity index (χ2v) is 7.58. The van der Waals surface area contributed by atoms with Gasteiger partial charge in [0.25, 0.3) is 0 Å². The van der Waals surface area contributed by atoms with Crippen LogP contribution in [-0.4, -0.2) is 12.7 Å². The first-order chi connectivity index (χ1) is 14.4. The number of allylic oxidation sites excluding steroid dienone is 3. The minimum absolute atomic E-state index is 0.159. The highest BCUT2D eigenvalue weighted by atomic mass is 19.2. The topological polar surface area (TPSA) is 18.5 Å². The molecule has 1 aromatic rings. The van der Waals surface area contributed by atoms with Crippen molar-refractivity contribution < 1.29 is 22.6 Å². The SMILES string of the molecule is C=C(CC)/C(F)=C1/Oc2c(cc(C3CCC(CCC)OC3)c(F)c2F)CC1=C.CC. The molecule has 2 heterocycles. The molecule has 0 aromatic heterocycles. The lowest BCUT2D eigenvalue weighted by Gasteiger charge is -2.31. The molecule has 0 spiro atoms. The highest BCUT2D eigenvalue weighted by Crippen LogP contribution is 2.42. The molecule has 0 aliphatic carbocycles. The van der Waals surface area contributed by atoms with Crippen LogP contribution < -0.4 is 4.74 Å². The summed E-state index contributed by atoms with van der Waals surface area (Å²) in [5, 5.41) is 0. The maximum atomic E-state index is 14.8. The van der Waals surface area contributed by atoms with Gasteiger partial charge in [-0.25, -0.2) is 8.78 Å². The lowest BCUT2D eigenvalue weighted by molar-refractivity contribution is -0.00186. The zero-order valence-corrected chi connectivity index (χ0v) is 18.5. The maximum absolute atomic E-state index is 14.8. The van der Waals surface area contributed by atoms with Gasteiger partial charge in [0, 0.05) is 17.9 Å². The van der Waals surface area contributed by atoms with Gasteiger partial charge in [-0.05, 0) is 48.5 Å². The zero-order chi connectivity index (χ0) is 22.4. The molecule has 5 heteroatoms. The van der Waals surface area contributed by atoms with Crippen LogP contribution in [0.4, 0.5) is 13.2 Å². The van der Waals surface area contributed by atoms with Crippen LogP contribution in [0.15, 0.2) is 42.0 Å². The number of benzene rings is 1. The van der Waals surface area contributed by atoms with Crippen molar-refractivity contribution in [1.82, 2.24) is 0 Å². The molecule has 1 fully saturated rings. The van der Waals surface area contributed by atoms with Crippen molar-refractivity contribution in [1.29, 1.82) is 0 Å². The van der Waals surface area contributed by atoms with Crippen molar-refractivity contribution in [2.24, 2.45) is 0 Å². The largest absolute Gasteiger partial charge is 0.450 e. The van der Waals surface area contributed by atoms with Gasteiger partial charge in [-0.2, -0.15) is 4.39 Å². The van der Waals surface area contributed by atoms with E-state index in [0.717, 1.165) is 25.7 Å². The third kappa shape index (κ3) is 5.00. The zero-order valence-electron chi connectivity index (χ0n) is 18.5. The molecule has 2 nitrogen and oxygen atoms in total. The number of hydrogen-bond acceptors (Lipinski definition) is 2. The van der Waals surface area contributed by atoms with E-state index in [0.29, 0.717) is 29.7 Å². The number of rotatable bonds is 5. The molecule has 0 radical (unpaired) electrons. The number of halogens is 3. The van der Waals surface area contributed by atoms with E-state index < -0.39 is 17.5 Å². The quantitative estimate of drug-likeness (QED) is 0.484. The van der Waals surface area contributed by atoms with Gasteiger partial charge in [0.05, 0.1) is 12.7 Å². The summed E-state index contributed by atoms with van der Waals surface area (Å²) in [7, 11) is 0. The van der Waals surface area contributed by atoms with Gasteiger partial charge in [-0.1, -0.05) is 47.3 Å². The fourth-order valence-corrected chi connectivity index (χ4v) is 3.82. The number of fused-ring (bicyclic) bond motifs is 1. The molecule has 2 unspecified atom stereocenters. The Morgan fingerprint density at radius 3 is 2.43 bits per heavy atom. The van der Waals surface area contributed by atoms with E-state index in [2.05, 4.69) is 20.1 Å². The molecule has 1 saturated heterocycles. The van der Waals surface area contributed by atoms with Crippen molar-refractivity contribution in [3.63, 3.8) is 0 Å². The van der Waals surface area contributed by atoms with Crippen molar-refractivity contribution >= 4 is 0 Å². The Balaban J connectivity index is 0.00000155. The second-order valence-electron chi connectivity index (χ2n) is 7.58. The van der Waals surface area contributed by atoms with Crippen LogP contribution >= 0.6 is 0 Å². The standard InChI is InChI=1S/C23H27F3O2.C2H6/c1-5-7-17-9-8-15(12-27-17)18-11-16-10-14(4)22(19(24)13(3)6-2)28-23(16)21(26)20(18)25;1-2/h11,15,17H,3-10,12H2,1-2H3;1-2H3/b22-19-;. The first kappa shape index (κ1) is 24.3. The van der Waals surface area contributed by atoms with Crippen molar-refractivity contribution in [2.75, 3.05) is 6.61 Å². The van der Waals surface area contributed by atoms with E-state index in [1.54, 1.807) is 13.0 Å². The smallest absolute Gasteiger partial charge is 0.201 e. The molecule has 30 heavy (non-hydrogen) atoms. The molecule has 0 saturated carbocycles. The molecule has 166 valence electrons. The van der Waals surface area contributed by atoms with Gasteiger partial charge in [0.1, 0.15) is 0 Å². The molecule has 1 aromatic carbocycles. The average molecular weight is 423 g/mol. The second kappa shape index (κ2) is 10.9. The molecule has 2 aliphatic heterocycles. The summed E-state index contributed by atoms with van der Waals surface area (Å²) in [4.78, 5) is 0. The van der Waals surface area contributed by atoms with Crippen LogP contribution in [0.2, 0.25) is 0 Å². The van der Waals surface area contributed by atoms with Crippen molar-refractivity contribution in [3.8, 4) is 5.75 Å². The first-order valence-electron chi connectivity index (χ1n) is 10.9. The molecule has 0 amide bonds. The molecule has 3 rings (SSSR count). The van der Waals surface area contributed by atoms with E-state index in [-0.39, 0.29) is 35.5 Å². The van der Waals surface area contributed by atoms with Crippen molar-refractivity contribution in [2.45, 2.75) is 78.2 Å². The summed E-state index contributed by atoms with van der Waals surface area (Å²) in [6, 6.07) is 1.62. The normalized spacial score (nSPS) is 22.4. The van der Waals surface area contributed by atoms with Crippen molar-refractivity contribution in [3.05, 3.63) is 64.7 Å². The Hall–Kier alpha value is -2.01. The summed E-state index contributed by atoms with van der Waals surface area (Å²) >= 11 is 0. The van der Waals surface area contributed by atoms with Gasteiger partial charge >= 0.3 is 0 Å². The summed E-state index contributed by atoms with van der Waals surface area (Å²) < 4.78 is 55.4. The van der Waals surface area contributed by atoms with Crippen LogP contribution in [0.25, 0.3) is 0 Å². The summed E-state index contributed by atoms with van der Waals surface area (Å²) in [6.45, 7) is 15.7. The van der Waals surface area contributed by atoms with Gasteiger partial charge in [-0.15, -0.1) is 0 Å². The van der Waals surface area contributed by atoms with Gasteiger partial charge in [0.2, 0.25) is 5.82 Å². The minimum atomic E-state index is -1.08. The van der Waals surface area contributed by atoms with E-state index >= 15 is 0 Å². The Kier molecular flexibility index (Phi) is 8.78. The fourth-order valence-electron chi connectivity index (χ4n) is 3.82. The van der Waals surface area contributed by atoms with Crippen LogP contribution in [-0.2, 0) is 11.2 Å². The highest BCUT2D eigenvalue weighted by molar-refractivity contribution is 5.51. The monoisotopic (exact) mass is 422 g/mol. The van der Waals surface area contributed by atoms with E-state index in [1.807, 2.05) is 13.8 Å². The van der Waals surface area contributed by atoms with E-state index in [9.17, 15) is 13.2 Å². The molecular formula is C25H33F3O2. The minimum Gasteiger partial charge on any atom is -0.450 e. The lowest BCUT2D eigenvalue weighted by atomic mass is 9.87. The third-order valence-corrected chi connectivity index (χ3v) is 5.55. The number of ether oxygens (including phenoxy) is 2. The third-order valence-electron chi connectivity index (χ3n) is 5.55. The maximum Gasteiger partial charge on any atom is 0.201 e.